The highest BCUT2D eigenvalue weighted by molar-refractivity contribution is 5.79. The van der Waals surface area contributed by atoms with Crippen molar-refractivity contribution < 1.29 is 4.79 Å². The predicted octanol–water partition coefficient (Wildman–Crippen LogP) is 0.102. The summed E-state index contributed by atoms with van der Waals surface area (Å²) in [6.45, 7) is 7.10. The Hall–Kier alpha value is -0.910. The van der Waals surface area contributed by atoms with Crippen molar-refractivity contribution in [2.75, 3.05) is 52.9 Å². The van der Waals surface area contributed by atoms with E-state index in [-0.39, 0.29) is 5.91 Å². The molecular formula is C15H26N4O. The highest BCUT2D eigenvalue weighted by Crippen LogP contribution is 2.20. The first-order valence-corrected chi connectivity index (χ1v) is 7.87. The van der Waals surface area contributed by atoms with E-state index in [9.17, 15) is 4.79 Å². The van der Waals surface area contributed by atoms with E-state index in [0.29, 0.717) is 6.54 Å². The number of nitrogens with one attached hydrogen (secondary N) is 1. The van der Waals surface area contributed by atoms with Crippen LogP contribution in [0.4, 0.5) is 0 Å². The maximum atomic E-state index is 12.3. The van der Waals surface area contributed by atoms with Crippen molar-refractivity contribution in [3.63, 3.8) is 0 Å². The minimum atomic E-state index is 0.247. The number of amides is 1. The van der Waals surface area contributed by atoms with Crippen LogP contribution in [0, 0.1) is 0 Å². The van der Waals surface area contributed by atoms with E-state index in [2.05, 4.69) is 21.2 Å². The Morgan fingerprint density at radius 3 is 2.65 bits per heavy atom. The quantitative estimate of drug-likeness (QED) is 0.792. The molecule has 20 heavy (non-hydrogen) atoms. The van der Waals surface area contributed by atoms with E-state index in [1.165, 1.54) is 12.1 Å². The monoisotopic (exact) mass is 278 g/mol. The lowest BCUT2D eigenvalue weighted by Crippen LogP contribution is -2.62. The lowest BCUT2D eigenvalue weighted by molar-refractivity contribution is -0.130. The fourth-order valence-electron chi connectivity index (χ4n) is 3.23. The van der Waals surface area contributed by atoms with E-state index in [1.807, 2.05) is 11.9 Å². The van der Waals surface area contributed by atoms with Crippen molar-refractivity contribution in [3.8, 4) is 0 Å². The molecule has 5 heteroatoms. The van der Waals surface area contributed by atoms with Crippen LogP contribution in [0.25, 0.3) is 0 Å². The number of likely N-dealkylation sites (N-methyl/N-ethyl adjacent to an activating group) is 1. The van der Waals surface area contributed by atoms with Crippen LogP contribution in [0.1, 0.15) is 19.3 Å². The van der Waals surface area contributed by atoms with E-state index >= 15 is 0 Å². The Balaban J connectivity index is 1.43. The molecule has 0 unspecified atom stereocenters. The molecule has 0 saturated carbocycles. The summed E-state index contributed by atoms with van der Waals surface area (Å²) >= 11 is 0. The molecule has 1 amide bonds. The van der Waals surface area contributed by atoms with E-state index in [0.717, 1.165) is 58.2 Å². The summed E-state index contributed by atoms with van der Waals surface area (Å²) in [5.74, 6) is 0.247. The van der Waals surface area contributed by atoms with Gasteiger partial charge in [-0.05, 0) is 19.3 Å². The first-order valence-electron chi connectivity index (χ1n) is 7.87. The van der Waals surface area contributed by atoms with Crippen LogP contribution < -0.4 is 5.32 Å². The van der Waals surface area contributed by atoms with Crippen molar-refractivity contribution >= 4 is 5.91 Å². The third kappa shape index (κ3) is 3.05. The van der Waals surface area contributed by atoms with Crippen LogP contribution >= 0.6 is 0 Å². The van der Waals surface area contributed by atoms with E-state index < -0.39 is 0 Å². The van der Waals surface area contributed by atoms with Gasteiger partial charge >= 0.3 is 0 Å². The number of hydrogen-bond donors (Lipinski definition) is 1. The molecule has 5 nitrogen and oxygen atoms in total. The maximum Gasteiger partial charge on any atom is 0.240 e. The second kappa shape index (κ2) is 6.24. The summed E-state index contributed by atoms with van der Waals surface area (Å²) in [6, 6.07) is 0.735. The van der Waals surface area contributed by atoms with Gasteiger partial charge in [0, 0.05) is 58.1 Å². The lowest BCUT2D eigenvalue weighted by atomic mass is 10.1. The first kappa shape index (κ1) is 14.0. The van der Waals surface area contributed by atoms with Crippen LogP contribution in [-0.2, 0) is 4.79 Å². The van der Waals surface area contributed by atoms with Gasteiger partial charge in [-0.3, -0.25) is 14.6 Å². The molecule has 3 aliphatic rings. The van der Waals surface area contributed by atoms with Gasteiger partial charge in [0.05, 0.1) is 6.54 Å². The molecule has 0 radical (unpaired) electrons. The summed E-state index contributed by atoms with van der Waals surface area (Å²) < 4.78 is 0. The molecule has 2 saturated heterocycles. The van der Waals surface area contributed by atoms with Gasteiger partial charge < -0.3 is 10.2 Å². The molecule has 2 heterocycles. The Kier molecular flexibility index (Phi) is 4.38. The molecule has 1 N–H and O–H groups in total. The number of piperazine rings is 1. The first-order chi connectivity index (χ1) is 9.74. The Labute approximate surface area is 121 Å². The van der Waals surface area contributed by atoms with Gasteiger partial charge in [-0.15, -0.1) is 0 Å². The highest BCUT2D eigenvalue weighted by Gasteiger charge is 2.28. The van der Waals surface area contributed by atoms with Crippen molar-refractivity contribution in [3.05, 3.63) is 11.8 Å². The lowest BCUT2D eigenvalue weighted by Gasteiger charge is -2.43. The zero-order valence-corrected chi connectivity index (χ0v) is 12.5. The molecule has 0 atom stereocenters. The van der Waals surface area contributed by atoms with E-state index in [4.69, 9.17) is 0 Å². The summed E-state index contributed by atoms with van der Waals surface area (Å²) in [7, 11) is 1.93. The largest absolute Gasteiger partial charge is 0.318 e. The number of nitrogens with zero attached hydrogens (tertiary/aromatic N) is 3. The number of carbonyl (C=O) groups is 1. The maximum absolute atomic E-state index is 12.3. The van der Waals surface area contributed by atoms with Gasteiger partial charge in [0.25, 0.3) is 0 Å². The summed E-state index contributed by atoms with van der Waals surface area (Å²) in [6.07, 6.45) is 5.59. The summed E-state index contributed by atoms with van der Waals surface area (Å²) in [5, 5.41) is 3.33. The number of allylic oxidation sites excluding steroid dienone is 2. The van der Waals surface area contributed by atoms with Gasteiger partial charge in [0.2, 0.25) is 5.91 Å². The summed E-state index contributed by atoms with van der Waals surface area (Å²) in [4.78, 5) is 19.0. The van der Waals surface area contributed by atoms with Gasteiger partial charge in [-0.25, -0.2) is 0 Å². The molecule has 2 aliphatic heterocycles. The standard InChI is InChI=1S/C15H26N4O/c1-17(13-4-2-3-5-13)15(20)12-18-6-8-19(9-7-18)14-10-16-11-14/h4,14,16H,2-3,5-12H2,1H3. The highest BCUT2D eigenvalue weighted by atomic mass is 16.2. The van der Waals surface area contributed by atoms with Crippen molar-refractivity contribution in [2.24, 2.45) is 0 Å². The zero-order valence-electron chi connectivity index (χ0n) is 12.5. The van der Waals surface area contributed by atoms with Crippen molar-refractivity contribution in [1.82, 2.24) is 20.0 Å². The minimum absolute atomic E-state index is 0.247. The minimum Gasteiger partial charge on any atom is -0.318 e. The van der Waals surface area contributed by atoms with Crippen molar-refractivity contribution in [2.45, 2.75) is 25.3 Å². The Bertz CT molecular complexity index is 383. The van der Waals surface area contributed by atoms with Crippen LogP contribution in [0.3, 0.4) is 0 Å². The molecule has 0 spiro atoms. The fourth-order valence-corrected chi connectivity index (χ4v) is 3.23. The average molecular weight is 278 g/mol. The van der Waals surface area contributed by atoms with Crippen LogP contribution in [0.5, 0.6) is 0 Å². The van der Waals surface area contributed by atoms with Gasteiger partial charge in [0.15, 0.2) is 0 Å². The van der Waals surface area contributed by atoms with Crippen LogP contribution in [0.15, 0.2) is 11.8 Å². The molecule has 0 aromatic rings. The molecule has 0 bridgehead atoms. The second-order valence-corrected chi connectivity index (χ2v) is 6.16. The molecule has 112 valence electrons. The average Bonchev–Trinajstić information content (AvgIpc) is 2.92. The molecule has 0 aromatic carbocycles. The number of rotatable bonds is 4. The van der Waals surface area contributed by atoms with Gasteiger partial charge in [-0.2, -0.15) is 0 Å². The molecule has 0 aromatic heterocycles. The molecule has 3 rings (SSSR count). The third-order valence-electron chi connectivity index (χ3n) is 4.86. The second-order valence-electron chi connectivity index (χ2n) is 6.16. The van der Waals surface area contributed by atoms with Crippen LogP contribution in [-0.4, -0.2) is 79.5 Å². The van der Waals surface area contributed by atoms with Gasteiger partial charge in [0.1, 0.15) is 0 Å². The molecular weight excluding hydrogens is 252 g/mol. The fraction of sp³-hybridized carbons (Fsp3) is 0.800. The SMILES string of the molecule is CN(C(=O)CN1CCN(C2CNC2)CC1)C1=CCCC1. The van der Waals surface area contributed by atoms with Gasteiger partial charge in [-0.1, -0.05) is 6.08 Å². The zero-order chi connectivity index (χ0) is 13.9. The normalized spacial score (nSPS) is 25.4. The molecule has 2 fully saturated rings. The Morgan fingerprint density at radius 2 is 2.10 bits per heavy atom. The molecule has 1 aliphatic carbocycles. The topological polar surface area (TPSA) is 38.8 Å². The number of hydrogen-bond acceptors (Lipinski definition) is 4. The van der Waals surface area contributed by atoms with Crippen molar-refractivity contribution in [1.29, 1.82) is 0 Å². The predicted molar refractivity (Wildman–Crippen MR) is 79.4 cm³/mol. The van der Waals surface area contributed by atoms with E-state index in [1.54, 1.807) is 0 Å². The number of carbonyl (C=O) groups excluding carboxylic acids is 1. The third-order valence-corrected chi connectivity index (χ3v) is 4.86. The smallest absolute Gasteiger partial charge is 0.240 e. The van der Waals surface area contributed by atoms with Crippen LogP contribution in [0.2, 0.25) is 0 Å². The summed E-state index contributed by atoms with van der Waals surface area (Å²) in [5.41, 5.74) is 1.22. The Morgan fingerprint density at radius 1 is 1.35 bits per heavy atom.